The molecular formula is C17H25N3O. The van der Waals surface area contributed by atoms with Gasteiger partial charge in [-0.05, 0) is 43.7 Å². The maximum atomic E-state index is 12.7. The second-order valence-corrected chi connectivity index (χ2v) is 6.24. The molecule has 3 rings (SSSR count). The lowest BCUT2D eigenvalue weighted by Gasteiger charge is -2.32. The molecule has 0 spiro atoms. The molecule has 1 saturated heterocycles. The van der Waals surface area contributed by atoms with Gasteiger partial charge in [0.2, 0.25) is 5.91 Å². The molecule has 2 N–H and O–H groups in total. The number of piperidine rings is 1. The summed E-state index contributed by atoms with van der Waals surface area (Å²) in [7, 11) is 0. The topological polar surface area (TPSA) is 49.6 Å². The molecule has 2 aliphatic heterocycles. The zero-order chi connectivity index (χ0) is 14.7. The van der Waals surface area contributed by atoms with Crippen LogP contribution in [0.25, 0.3) is 0 Å². The number of hydrogen-bond donors (Lipinski definition) is 1. The zero-order valence-corrected chi connectivity index (χ0v) is 12.6. The first-order valence-corrected chi connectivity index (χ1v) is 8.10. The second kappa shape index (κ2) is 6.58. The first-order chi connectivity index (χ1) is 10.2. The number of carbonyl (C=O) groups excluding carboxylic acids is 1. The molecule has 4 heteroatoms. The van der Waals surface area contributed by atoms with Crippen LogP contribution in [0, 0.1) is 0 Å². The molecule has 0 atom stereocenters. The van der Waals surface area contributed by atoms with E-state index in [0.29, 0.717) is 12.6 Å². The van der Waals surface area contributed by atoms with Crippen LogP contribution in [0.3, 0.4) is 0 Å². The summed E-state index contributed by atoms with van der Waals surface area (Å²) in [5.41, 5.74) is 8.36. The Balaban J connectivity index is 1.69. The van der Waals surface area contributed by atoms with Gasteiger partial charge >= 0.3 is 0 Å². The summed E-state index contributed by atoms with van der Waals surface area (Å²) in [6, 6.07) is 8.66. The van der Waals surface area contributed by atoms with Gasteiger partial charge in [0.1, 0.15) is 0 Å². The molecule has 4 nitrogen and oxygen atoms in total. The SMILES string of the molecule is NC1CCN(CC(=O)N2CCCCc3ccccc32)CC1. The molecule has 21 heavy (non-hydrogen) atoms. The molecule has 1 aromatic rings. The standard InChI is InChI=1S/C17H25N3O/c18-15-8-11-19(12-9-15)13-17(21)20-10-4-3-6-14-5-1-2-7-16(14)20/h1-2,5,7,15H,3-4,6,8-13,18H2. The van der Waals surface area contributed by atoms with E-state index in [4.69, 9.17) is 5.73 Å². The van der Waals surface area contributed by atoms with Crippen molar-refractivity contribution in [3.8, 4) is 0 Å². The molecular weight excluding hydrogens is 262 g/mol. The van der Waals surface area contributed by atoms with Crippen molar-refractivity contribution in [2.75, 3.05) is 31.1 Å². The van der Waals surface area contributed by atoms with Gasteiger partial charge in [-0.3, -0.25) is 9.69 Å². The second-order valence-electron chi connectivity index (χ2n) is 6.24. The monoisotopic (exact) mass is 287 g/mol. The third-order valence-corrected chi connectivity index (χ3v) is 4.65. The Bertz CT molecular complexity index is 495. The van der Waals surface area contributed by atoms with E-state index in [2.05, 4.69) is 23.1 Å². The molecule has 0 aliphatic carbocycles. The van der Waals surface area contributed by atoms with Gasteiger partial charge in [-0.2, -0.15) is 0 Å². The van der Waals surface area contributed by atoms with Gasteiger partial charge in [0, 0.05) is 31.4 Å². The van der Waals surface area contributed by atoms with Crippen LogP contribution in [0.1, 0.15) is 31.2 Å². The molecule has 0 radical (unpaired) electrons. The minimum Gasteiger partial charge on any atom is -0.328 e. The van der Waals surface area contributed by atoms with Crippen LogP contribution >= 0.6 is 0 Å². The number of benzene rings is 1. The minimum atomic E-state index is 0.236. The largest absolute Gasteiger partial charge is 0.328 e. The number of likely N-dealkylation sites (tertiary alicyclic amines) is 1. The van der Waals surface area contributed by atoms with E-state index in [-0.39, 0.29) is 5.91 Å². The van der Waals surface area contributed by atoms with Crippen molar-refractivity contribution < 1.29 is 4.79 Å². The summed E-state index contributed by atoms with van der Waals surface area (Å²) in [4.78, 5) is 17.0. The maximum Gasteiger partial charge on any atom is 0.241 e. The Labute approximate surface area is 126 Å². The fourth-order valence-corrected chi connectivity index (χ4v) is 3.34. The summed E-state index contributed by atoms with van der Waals surface area (Å²) < 4.78 is 0. The molecule has 0 saturated carbocycles. The van der Waals surface area contributed by atoms with Crippen molar-refractivity contribution in [2.24, 2.45) is 5.73 Å². The molecule has 2 aliphatic rings. The number of aryl methyl sites for hydroxylation is 1. The van der Waals surface area contributed by atoms with Gasteiger partial charge in [0.25, 0.3) is 0 Å². The number of rotatable bonds is 2. The summed E-state index contributed by atoms with van der Waals surface area (Å²) in [5.74, 6) is 0.236. The molecule has 0 unspecified atom stereocenters. The molecule has 0 bridgehead atoms. The Kier molecular flexibility index (Phi) is 4.56. The van der Waals surface area contributed by atoms with E-state index in [1.54, 1.807) is 0 Å². The fraction of sp³-hybridized carbons (Fsp3) is 0.588. The normalized spacial score (nSPS) is 20.9. The molecule has 1 aromatic carbocycles. The Morgan fingerprint density at radius 2 is 1.90 bits per heavy atom. The summed E-state index contributed by atoms with van der Waals surface area (Å²) in [5, 5.41) is 0. The van der Waals surface area contributed by atoms with Gasteiger partial charge in [-0.25, -0.2) is 0 Å². The average Bonchev–Trinajstić information content (AvgIpc) is 2.72. The van der Waals surface area contributed by atoms with E-state index in [1.807, 2.05) is 11.0 Å². The Hall–Kier alpha value is -1.39. The van der Waals surface area contributed by atoms with Crippen molar-refractivity contribution >= 4 is 11.6 Å². The summed E-state index contributed by atoms with van der Waals surface area (Å²) >= 11 is 0. The average molecular weight is 287 g/mol. The van der Waals surface area contributed by atoms with Gasteiger partial charge < -0.3 is 10.6 Å². The Morgan fingerprint density at radius 1 is 1.14 bits per heavy atom. The van der Waals surface area contributed by atoms with Gasteiger partial charge in [0.05, 0.1) is 6.54 Å². The molecule has 1 fully saturated rings. The molecule has 114 valence electrons. The highest BCUT2D eigenvalue weighted by molar-refractivity contribution is 5.95. The van der Waals surface area contributed by atoms with Crippen LogP contribution in [0.2, 0.25) is 0 Å². The molecule has 2 heterocycles. The smallest absolute Gasteiger partial charge is 0.241 e. The number of amides is 1. The first kappa shape index (κ1) is 14.5. The zero-order valence-electron chi connectivity index (χ0n) is 12.6. The van der Waals surface area contributed by atoms with Crippen molar-refractivity contribution in [2.45, 2.75) is 38.1 Å². The van der Waals surface area contributed by atoms with Crippen LogP contribution in [0.15, 0.2) is 24.3 Å². The van der Waals surface area contributed by atoms with Crippen LogP contribution < -0.4 is 10.6 Å². The van der Waals surface area contributed by atoms with Crippen LogP contribution in [-0.2, 0) is 11.2 Å². The summed E-state index contributed by atoms with van der Waals surface area (Å²) in [6.07, 6.45) is 5.34. The number of hydrogen-bond acceptors (Lipinski definition) is 3. The molecule has 0 aromatic heterocycles. The number of nitrogens with zero attached hydrogens (tertiary/aromatic N) is 2. The van der Waals surface area contributed by atoms with Gasteiger partial charge in [0.15, 0.2) is 0 Å². The van der Waals surface area contributed by atoms with E-state index >= 15 is 0 Å². The lowest BCUT2D eigenvalue weighted by Crippen LogP contribution is -2.46. The van der Waals surface area contributed by atoms with Crippen molar-refractivity contribution in [1.82, 2.24) is 4.90 Å². The lowest BCUT2D eigenvalue weighted by molar-refractivity contribution is -0.120. The predicted octanol–water partition coefficient (Wildman–Crippen LogP) is 1.78. The van der Waals surface area contributed by atoms with Crippen molar-refractivity contribution in [3.05, 3.63) is 29.8 Å². The third-order valence-electron chi connectivity index (χ3n) is 4.65. The van der Waals surface area contributed by atoms with Crippen LogP contribution in [0.4, 0.5) is 5.69 Å². The number of carbonyl (C=O) groups is 1. The highest BCUT2D eigenvalue weighted by Gasteiger charge is 2.24. The number of nitrogens with two attached hydrogens (primary N) is 1. The van der Waals surface area contributed by atoms with Gasteiger partial charge in [-0.15, -0.1) is 0 Å². The van der Waals surface area contributed by atoms with E-state index in [1.165, 1.54) is 12.0 Å². The van der Waals surface area contributed by atoms with Crippen LogP contribution in [-0.4, -0.2) is 43.0 Å². The predicted molar refractivity (Wildman–Crippen MR) is 85.4 cm³/mol. The summed E-state index contributed by atoms with van der Waals surface area (Å²) in [6.45, 7) is 3.27. The van der Waals surface area contributed by atoms with Gasteiger partial charge in [-0.1, -0.05) is 18.2 Å². The number of anilines is 1. The minimum absolute atomic E-state index is 0.236. The van der Waals surface area contributed by atoms with E-state index in [0.717, 1.165) is 51.0 Å². The highest BCUT2D eigenvalue weighted by Crippen LogP contribution is 2.26. The van der Waals surface area contributed by atoms with E-state index in [9.17, 15) is 4.79 Å². The van der Waals surface area contributed by atoms with Crippen molar-refractivity contribution in [3.63, 3.8) is 0 Å². The van der Waals surface area contributed by atoms with Crippen molar-refractivity contribution in [1.29, 1.82) is 0 Å². The van der Waals surface area contributed by atoms with E-state index < -0.39 is 0 Å². The lowest BCUT2D eigenvalue weighted by atomic mass is 10.1. The Morgan fingerprint density at radius 3 is 2.71 bits per heavy atom. The first-order valence-electron chi connectivity index (χ1n) is 8.10. The maximum absolute atomic E-state index is 12.7. The fourth-order valence-electron chi connectivity index (χ4n) is 3.34. The quantitative estimate of drug-likeness (QED) is 0.902. The number of para-hydroxylation sites is 1. The number of fused-ring (bicyclic) bond motifs is 1. The highest BCUT2D eigenvalue weighted by atomic mass is 16.2. The van der Waals surface area contributed by atoms with Crippen LogP contribution in [0.5, 0.6) is 0 Å². The molecule has 1 amide bonds. The third kappa shape index (κ3) is 3.44.